The predicted molar refractivity (Wildman–Crippen MR) is 82.2 cm³/mol. The predicted octanol–water partition coefficient (Wildman–Crippen LogP) is 1.81. The Labute approximate surface area is 125 Å². The maximum absolute atomic E-state index is 12.2. The molecule has 1 aliphatic heterocycles. The summed E-state index contributed by atoms with van der Waals surface area (Å²) in [6.45, 7) is 4.31. The van der Waals surface area contributed by atoms with Gasteiger partial charge in [-0.15, -0.1) is 0 Å². The number of phenolic OH excluding ortho intramolecular Hbond substituents is 1. The molecule has 1 aliphatic rings. The monoisotopic (exact) mass is 292 g/mol. The van der Waals surface area contributed by atoms with Crippen molar-refractivity contribution >= 4 is 11.6 Å². The first kappa shape index (κ1) is 15.8. The van der Waals surface area contributed by atoms with Crippen LogP contribution in [0.4, 0.5) is 5.69 Å². The van der Waals surface area contributed by atoms with E-state index in [0.29, 0.717) is 12.2 Å². The molecule has 0 saturated carbocycles. The molecule has 2 rings (SSSR count). The number of nitrogens with one attached hydrogen (secondary N) is 1. The van der Waals surface area contributed by atoms with E-state index in [1.807, 2.05) is 6.92 Å². The number of β-amino-alcohol motifs (C(OH)–C–C–N with tert-alkyl or cyclic N) is 1. The second-order valence-corrected chi connectivity index (χ2v) is 5.64. The Morgan fingerprint density at radius 2 is 2.05 bits per heavy atom. The quantitative estimate of drug-likeness (QED) is 0.724. The van der Waals surface area contributed by atoms with Gasteiger partial charge in [-0.05, 0) is 44.5 Å². The highest BCUT2D eigenvalue weighted by atomic mass is 16.3. The van der Waals surface area contributed by atoms with E-state index < -0.39 is 0 Å². The van der Waals surface area contributed by atoms with E-state index in [1.54, 1.807) is 24.3 Å². The standard InChI is InChI=1S/C16H24N2O3/c1-2-13(19)11-18-9-7-12(8-10-18)16(21)17-14-5-3-4-6-15(14)20/h3-6,12-13,19-20H,2,7-11H2,1H3,(H,17,21). The van der Waals surface area contributed by atoms with Crippen LogP contribution in [0.3, 0.4) is 0 Å². The highest BCUT2D eigenvalue weighted by Gasteiger charge is 2.26. The number of amides is 1. The maximum Gasteiger partial charge on any atom is 0.227 e. The Kier molecular flexibility index (Phi) is 5.59. The van der Waals surface area contributed by atoms with E-state index >= 15 is 0 Å². The Balaban J connectivity index is 1.82. The number of aliphatic hydroxyl groups is 1. The Hall–Kier alpha value is -1.59. The third-order valence-corrected chi connectivity index (χ3v) is 4.06. The van der Waals surface area contributed by atoms with Crippen LogP contribution in [0.2, 0.25) is 0 Å². The van der Waals surface area contributed by atoms with Gasteiger partial charge in [-0.1, -0.05) is 19.1 Å². The Morgan fingerprint density at radius 1 is 1.38 bits per heavy atom. The molecule has 3 N–H and O–H groups in total. The molecule has 116 valence electrons. The van der Waals surface area contributed by atoms with Crippen molar-refractivity contribution in [2.45, 2.75) is 32.3 Å². The highest BCUT2D eigenvalue weighted by Crippen LogP contribution is 2.24. The molecule has 1 saturated heterocycles. The highest BCUT2D eigenvalue weighted by molar-refractivity contribution is 5.93. The van der Waals surface area contributed by atoms with Gasteiger partial charge in [0.25, 0.3) is 0 Å². The summed E-state index contributed by atoms with van der Waals surface area (Å²) in [6, 6.07) is 6.76. The maximum atomic E-state index is 12.2. The fourth-order valence-corrected chi connectivity index (χ4v) is 2.62. The van der Waals surface area contributed by atoms with Gasteiger partial charge in [0.15, 0.2) is 0 Å². The van der Waals surface area contributed by atoms with Crippen molar-refractivity contribution in [2.75, 3.05) is 25.0 Å². The van der Waals surface area contributed by atoms with Gasteiger partial charge in [-0.3, -0.25) is 4.79 Å². The molecule has 0 aromatic heterocycles. The number of aromatic hydroxyl groups is 1. The van der Waals surface area contributed by atoms with Crippen LogP contribution < -0.4 is 5.32 Å². The summed E-state index contributed by atoms with van der Waals surface area (Å²) in [5.41, 5.74) is 0.464. The van der Waals surface area contributed by atoms with Crippen LogP contribution in [0.5, 0.6) is 5.75 Å². The molecule has 0 radical (unpaired) electrons. The minimum absolute atomic E-state index is 0.0281. The first-order valence-corrected chi connectivity index (χ1v) is 7.59. The number of hydrogen-bond donors (Lipinski definition) is 3. The van der Waals surface area contributed by atoms with Crippen LogP contribution in [0, 0.1) is 5.92 Å². The molecule has 0 spiro atoms. The number of rotatable bonds is 5. The molecule has 1 heterocycles. The summed E-state index contributed by atoms with van der Waals surface area (Å²) in [4.78, 5) is 14.4. The molecule has 1 aromatic carbocycles. The zero-order valence-electron chi connectivity index (χ0n) is 12.5. The van der Waals surface area contributed by atoms with E-state index in [-0.39, 0.29) is 23.7 Å². The number of hydrogen-bond acceptors (Lipinski definition) is 4. The summed E-state index contributed by atoms with van der Waals surface area (Å²) in [7, 11) is 0. The van der Waals surface area contributed by atoms with Gasteiger partial charge < -0.3 is 20.4 Å². The van der Waals surface area contributed by atoms with E-state index in [4.69, 9.17) is 0 Å². The smallest absolute Gasteiger partial charge is 0.227 e. The van der Waals surface area contributed by atoms with Gasteiger partial charge in [0.1, 0.15) is 5.75 Å². The zero-order valence-corrected chi connectivity index (χ0v) is 12.5. The van der Waals surface area contributed by atoms with Gasteiger partial charge in [-0.2, -0.15) is 0 Å². The number of benzene rings is 1. The lowest BCUT2D eigenvalue weighted by Gasteiger charge is -2.32. The second kappa shape index (κ2) is 7.43. The molecule has 1 fully saturated rings. The molecule has 0 aliphatic carbocycles. The third-order valence-electron chi connectivity index (χ3n) is 4.06. The van der Waals surface area contributed by atoms with Crippen LogP contribution in [0.25, 0.3) is 0 Å². The number of anilines is 1. The summed E-state index contributed by atoms with van der Waals surface area (Å²) < 4.78 is 0. The van der Waals surface area contributed by atoms with Crippen LogP contribution in [-0.4, -0.2) is 46.8 Å². The van der Waals surface area contributed by atoms with Gasteiger partial charge in [0.05, 0.1) is 11.8 Å². The van der Waals surface area contributed by atoms with Crippen molar-refractivity contribution in [1.82, 2.24) is 4.90 Å². The van der Waals surface area contributed by atoms with Crippen LogP contribution >= 0.6 is 0 Å². The average molecular weight is 292 g/mol. The van der Waals surface area contributed by atoms with Crippen molar-refractivity contribution in [1.29, 1.82) is 0 Å². The Morgan fingerprint density at radius 3 is 2.67 bits per heavy atom. The fraction of sp³-hybridized carbons (Fsp3) is 0.562. The largest absolute Gasteiger partial charge is 0.506 e. The van der Waals surface area contributed by atoms with E-state index in [2.05, 4.69) is 10.2 Å². The van der Waals surface area contributed by atoms with Crippen LogP contribution in [0.1, 0.15) is 26.2 Å². The molecule has 5 heteroatoms. The number of likely N-dealkylation sites (tertiary alicyclic amines) is 1. The number of carbonyl (C=O) groups excluding carboxylic acids is 1. The van der Waals surface area contributed by atoms with Crippen LogP contribution in [0.15, 0.2) is 24.3 Å². The van der Waals surface area contributed by atoms with Gasteiger partial charge in [-0.25, -0.2) is 0 Å². The van der Waals surface area contributed by atoms with Crippen molar-refractivity contribution in [3.63, 3.8) is 0 Å². The molecule has 5 nitrogen and oxygen atoms in total. The summed E-state index contributed by atoms with van der Waals surface area (Å²) in [5, 5.41) is 22.1. The molecule has 0 bridgehead atoms. The lowest BCUT2D eigenvalue weighted by molar-refractivity contribution is -0.121. The normalized spacial score (nSPS) is 18.4. The SMILES string of the molecule is CCC(O)CN1CCC(C(=O)Nc2ccccc2O)CC1. The topological polar surface area (TPSA) is 72.8 Å². The van der Waals surface area contributed by atoms with E-state index in [1.165, 1.54) is 0 Å². The van der Waals surface area contributed by atoms with Crippen molar-refractivity contribution in [3.8, 4) is 5.75 Å². The number of carbonyl (C=O) groups is 1. The number of phenols is 1. The molecular weight excluding hydrogens is 268 g/mol. The third kappa shape index (κ3) is 4.44. The van der Waals surface area contributed by atoms with E-state index in [0.717, 1.165) is 32.4 Å². The molecule has 1 amide bonds. The molecule has 1 aromatic rings. The molecule has 1 unspecified atom stereocenters. The summed E-state index contributed by atoms with van der Waals surface area (Å²) in [5.74, 6) is 0.0289. The first-order valence-electron chi connectivity index (χ1n) is 7.59. The fourth-order valence-electron chi connectivity index (χ4n) is 2.62. The molecule has 1 atom stereocenters. The number of piperidine rings is 1. The number of aliphatic hydroxyl groups excluding tert-OH is 1. The number of nitrogens with zero attached hydrogens (tertiary/aromatic N) is 1. The first-order chi connectivity index (χ1) is 10.1. The minimum atomic E-state index is -0.281. The molecule has 21 heavy (non-hydrogen) atoms. The van der Waals surface area contributed by atoms with Gasteiger partial charge >= 0.3 is 0 Å². The minimum Gasteiger partial charge on any atom is -0.506 e. The molecular formula is C16H24N2O3. The second-order valence-electron chi connectivity index (χ2n) is 5.64. The zero-order chi connectivity index (χ0) is 15.2. The van der Waals surface area contributed by atoms with Gasteiger partial charge in [0.2, 0.25) is 5.91 Å². The Bertz CT molecular complexity index is 470. The average Bonchev–Trinajstić information content (AvgIpc) is 2.50. The van der Waals surface area contributed by atoms with Crippen molar-refractivity contribution < 1.29 is 15.0 Å². The summed E-state index contributed by atoms with van der Waals surface area (Å²) >= 11 is 0. The van der Waals surface area contributed by atoms with Crippen molar-refractivity contribution in [3.05, 3.63) is 24.3 Å². The lowest BCUT2D eigenvalue weighted by atomic mass is 9.95. The van der Waals surface area contributed by atoms with Crippen LogP contribution in [-0.2, 0) is 4.79 Å². The summed E-state index contributed by atoms with van der Waals surface area (Å²) in [6.07, 6.45) is 2.05. The number of para-hydroxylation sites is 2. The van der Waals surface area contributed by atoms with E-state index in [9.17, 15) is 15.0 Å². The van der Waals surface area contributed by atoms with Crippen molar-refractivity contribution in [2.24, 2.45) is 5.92 Å². The van der Waals surface area contributed by atoms with Gasteiger partial charge in [0, 0.05) is 12.5 Å². The lowest BCUT2D eigenvalue weighted by Crippen LogP contribution is -2.41.